The molecular formula is C15H20N2O3. The molecule has 1 aliphatic heterocycles. The first kappa shape index (κ1) is 14.4. The highest BCUT2D eigenvalue weighted by atomic mass is 16.6. The second-order valence-electron chi connectivity index (χ2n) is 5.96. The van der Waals surface area contributed by atoms with Gasteiger partial charge in [0.25, 0.3) is 0 Å². The van der Waals surface area contributed by atoms with E-state index in [4.69, 9.17) is 4.74 Å². The molecular weight excluding hydrogens is 256 g/mol. The number of nitrogens with zero attached hydrogens (tertiary/aromatic N) is 1. The van der Waals surface area contributed by atoms with E-state index in [-0.39, 0.29) is 12.1 Å². The molecule has 0 aromatic heterocycles. The van der Waals surface area contributed by atoms with Crippen LogP contribution in [0.4, 0.5) is 10.5 Å². The van der Waals surface area contributed by atoms with Crippen LogP contribution in [0.25, 0.3) is 0 Å². The molecule has 2 rings (SSSR count). The van der Waals surface area contributed by atoms with Crippen molar-refractivity contribution in [1.82, 2.24) is 5.32 Å². The van der Waals surface area contributed by atoms with Crippen molar-refractivity contribution >= 4 is 18.1 Å². The number of amides is 1. The summed E-state index contributed by atoms with van der Waals surface area (Å²) in [6.45, 7) is 7.02. The second kappa shape index (κ2) is 5.53. The SMILES string of the molecule is CC(C)(C)OC(=O)NC1CN(c2ccc(C=O)cc2)C1. The van der Waals surface area contributed by atoms with E-state index in [0.717, 1.165) is 25.1 Å². The van der Waals surface area contributed by atoms with E-state index in [1.54, 1.807) is 12.1 Å². The molecule has 1 saturated heterocycles. The summed E-state index contributed by atoms with van der Waals surface area (Å²) >= 11 is 0. The predicted octanol–water partition coefficient (Wildman–Crippen LogP) is 2.21. The molecule has 0 atom stereocenters. The minimum absolute atomic E-state index is 0.107. The Morgan fingerprint density at radius 3 is 2.40 bits per heavy atom. The molecule has 0 bridgehead atoms. The summed E-state index contributed by atoms with van der Waals surface area (Å²) in [5.74, 6) is 0. The largest absolute Gasteiger partial charge is 0.444 e. The Bertz CT molecular complexity index is 485. The van der Waals surface area contributed by atoms with Gasteiger partial charge in [-0.15, -0.1) is 0 Å². The van der Waals surface area contributed by atoms with Crippen molar-refractivity contribution in [2.24, 2.45) is 0 Å². The van der Waals surface area contributed by atoms with Crippen LogP contribution in [0, 0.1) is 0 Å². The van der Waals surface area contributed by atoms with Gasteiger partial charge in [0.15, 0.2) is 0 Å². The zero-order valence-electron chi connectivity index (χ0n) is 12.1. The summed E-state index contributed by atoms with van der Waals surface area (Å²) in [7, 11) is 0. The predicted molar refractivity (Wildman–Crippen MR) is 77.2 cm³/mol. The molecule has 5 heteroatoms. The maximum Gasteiger partial charge on any atom is 0.407 e. The lowest BCUT2D eigenvalue weighted by molar-refractivity contribution is 0.0496. The zero-order valence-corrected chi connectivity index (χ0v) is 12.1. The number of carbonyl (C=O) groups is 2. The summed E-state index contributed by atoms with van der Waals surface area (Å²) in [5, 5.41) is 2.84. The summed E-state index contributed by atoms with van der Waals surface area (Å²) in [6.07, 6.45) is 0.450. The van der Waals surface area contributed by atoms with E-state index in [9.17, 15) is 9.59 Å². The van der Waals surface area contributed by atoms with E-state index in [1.807, 2.05) is 32.9 Å². The van der Waals surface area contributed by atoms with Crippen molar-refractivity contribution < 1.29 is 14.3 Å². The maximum absolute atomic E-state index is 11.6. The average molecular weight is 276 g/mol. The minimum atomic E-state index is -0.474. The summed E-state index contributed by atoms with van der Waals surface area (Å²) in [5.41, 5.74) is 1.24. The molecule has 108 valence electrons. The molecule has 0 aliphatic carbocycles. The van der Waals surface area contributed by atoms with Gasteiger partial charge in [0.1, 0.15) is 11.9 Å². The van der Waals surface area contributed by atoms with Gasteiger partial charge < -0.3 is 15.0 Å². The van der Waals surface area contributed by atoms with Crippen molar-refractivity contribution in [3.05, 3.63) is 29.8 Å². The highest BCUT2D eigenvalue weighted by Crippen LogP contribution is 2.21. The monoisotopic (exact) mass is 276 g/mol. The van der Waals surface area contributed by atoms with E-state index < -0.39 is 5.60 Å². The van der Waals surface area contributed by atoms with Crippen molar-refractivity contribution in [2.45, 2.75) is 32.4 Å². The number of hydrogen-bond acceptors (Lipinski definition) is 4. The number of anilines is 1. The quantitative estimate of drug-likeness (QED) is 0.860. The van der Waals surface area contributed by atoms with Gasteiger partial charge in [-0.1, -0.05) is 0 Å². The number of alkyl carbamates (subject to hydrolysis) is 1. The van der Waals surface area contributed by atoms with Crippen LogP contribution in [0.2, 0.25) is 0 Å². The van der Waals surface area contributed by atoms with Crippen LogP contribution in [-0.4, -0.2) is 37.1 Å². The molecule has 0 spiro atoms. The fourth-order valence-corrected chi connectivity index (χ4v) is 2.02. The van der Waals surface area contributed by atoms with Gasteiger partial charge in [-0.3, -0.25) is 4.79 Å². The third kappa shape index (κ3) is 3.73. The van der Waals surface area contributed by atoms with Crippen LogP contribution in [-0.2, 0) is 4.74 Å². The Balaban J connectivity index is 1.79. The molecule has 0 saturated carbocycles. The molecule has 5 nitrogen and oxygen atoms in total. The topological polar surface area (TPSA) is 58.6 Å². The number of benzene rings is 1. The van der Waals surface area contributed by atoms with Gasteiger partial charge >= 0.3 is 6.09 Å². The average Bonchev–Trinajstić information content (AvgIpc) is 2.31. The molecule has 20 heavy (non-hydrogen) atoms. The van der Waals surface area contributed by atoms with E-state index in [1.165, 1.54) is 0 Å². The molecule has 0 unspecified atom stereocenters. The second-order valence-corrected chi connectivity index (χ2v) is 5.96. The Morgan fingerprint density at radius 1 is 1.30 bits per heavy atom. The van der Waals surface area contributed by atoms with E-state index in [0.29, 0.717) is 5.56 Å². The fraction of sp³-hybridized carbons (Fsp3) is 0.467. The highest BCUT2D eigenvalue weighted by Gasteiger charge is 2.29. The van der Waals surface area contributed by atoms with Gasteiger partial charge in [0, 0.05) is 24.3 Å². The van der Waals surface area contributed by atoms with Crippen LogP contribution >= 0.6 is 0 Å². The minimum Gasteiger partial charge on any atom is -0.444 e. The van der Waals surface area contributed by atoms with Gasteiger partial charge in [-0.05, 0) is 45.0 Å². The summed E-state index contributed by atoms with van der Waals surface area (Å²) in [4.78, 5) is 24.3. The molecule has 1 heterocycles. The van der Waals surface area contributed by atoms with Crippen LogP contribution < -0.4 is 10.2 Å². The molecule has 1 aliphatic rings. The van der Waals surface area contributed by atoms with Gasteiger partial charge in [-0.2, -0.15) is 0 Å². The fourth-order valence-electron chi connectivity index (χ4n) is 2.02. The molecule has 0 radical (unpaired) electrons. The Hall–Kier alpha value is -2.04. The third-order valence-electron chi connectivity index (χ3n) is 3.00. The number of rotatable bonds is 3. The zero-order chi connectivity index (χ0) is 14.8. The Kier molecular flexibility index (Phi) is 3.97. The van der Waals surface area contributed by atoms with Crippen LogP contribution in [0.5, 0.6) is 0 Å². The van der Waals surface area contributed by atoms with Crippen LogP contribution in [0.15, 0.2) is 24.3 Å². The first-order chi connectivity index (χ1) is 9.37. The van der Waals surface area contributed by atoms with Gasteiger partial charge in [0.2, 0.25) is 0 Å². The van der Waals surface area contributed by atoms with Crippen molar-refractivity contribution in [1.29, 1.82) is 0 Å². The summed E-state index contributed by atoms with van der Waals surface area (Å²) in [6, 6.07) is 7.50. The molecule has 1 aromatic rings. The van der Waals surface area contributed by atoms with Gasteiger partial charge in [-0.25, -0.2) is 4.79 Å². The number of nitrogens with one attached hydrogen (secondary N) is 1. The standard InChI is InChI=1S/C15H20N2O3/c1-15(2,3)20-14(19)16-12-8-17(9-12)13-6-4-11(10-18)5-7-13/h4-7,10,12H,8-9H2,1-3H3,(H,16,19). The number of carbonyl (C=O) groups excluding carboxylic acids is 2. The lowest BCUT2D eigenvalue weighted by Gasteiger charge is -2.41. The van der Waals surface area contributed by atoms with Crippen LogP contribution in [0.1, 0.15) is 31.1 Å². The summed E-state index contributed by atoms with van der Waals surface area (Å²) < 4.78 is 5.21. The highest BCUT2D eigenvalue weighted by molar-refractivity contribution is 5.76. The number of aldehydes is 1. The Morgan fingerprint density at radius 2 is 1.90 bits per heavy atom. The van der Waals surface area contributed by atoms with E-state index >= 15 is 0 Å². The van der Waals surface area contributed by atoms with Crippen molar-refractivity contribution in [2.75, 3.05) is 18.0 Å². The van der Waals surface area contributed by atoms with Crippen molar-refractivity contribution in [3.8, 4) is 0 Å². The van der Waals surface area contributed by atoms with E-state index in [2.05, 4.69) is 10.2 Å². The normalized spacial score (nSPS) is 15.4. The first-order valence-electron chi connectivity index (χ1n) is 6.67. The maximum atomic E-state index is 11.6. The smallest absolute Gasteiger partial charge is 0.407 e. The molecule has 1 fully saturated rings. The molecule has 1 aromatic carbocycles. The Labute approximate surface area is 118 Å². The molecule has 1 N–H and O–H groups in total. The molecule has 1 amide bonds. The first-order valence-corrected chi connectivity index (χ1v) is 6.67. The lowest BCUT2D eigenvalue weighted by Crippen LogP contribution is -2.60. The lowest BCUT2D eigenvalue weighted by atomic mass is 10.1. The van der Waals surface area contributed by atoms with Crippen LogP contribution in [0.3, 0.4) is 0 Å². The van der Waals surface area contributed by atoms with Crippen molar-refractivity contribution in [3.63, 3.8) is 0 Å². The third-order valence-corrected chi connectivity index (χ3v) is 3.00. The number of ether oxygens (including phenoxy) is 1. The van der Waals surface area contributed by atoms with Gasteiger partial charge in [0.05, 0.1) is 6.04 Å². The number of hydrogen-bond donors (Lipinski definition) is 1.